The highest BCUT2D eigenvalue weighted by atomic mass is 32.4. The van der Waals surface area contributed by atoms with Gasteiger partial charge >= 0.3 is 0 Å². The van der Waals surface area contributed by atoms with Crippen molar-refractivity contribution in [1.82, 2.24) is 4.78 Å². The van der Waals surface area contributed by atoms with Gasteiger partial charge in [0.1, 0.15) is 12.4 Å². The summed E-state index contributed by atoms with van der Waals surface area (Å²) in [5.74, 6) is 0.765. The maximum absolute atomic E-state index is 6.26. The Morgan fingerprint density at radius 3 is 2.65 bits per heavy atom. The van der Waals surface area contributed by atoms with Gasteiger partial charge in [0.25, 0.3) is 0 Å². The molecule has 7 heteroatoms. The number of fused-ring (bicyclic) bond motifs is 1. The van der Waals surface area contributed by atoms with E-state index in [0.29, 0.717) is 6.61 Å². The van der Waals surface area contributed by atoms with Gasteiger partial charge in [-0.2, -0.15) is 5.10 Å². The molecule has 0 radical (unpaired) electrons. The van der Waals surface area contributed by atoms with Gasteiger partial charge in [-0.05, 0) is 35.6 Å². The SMILES string of the molecule is CN1/C(=C2\C=NN(C)[P@@]2(=S)OCc2ccco2)C(C)(C)c2ccccc21. The molecule has 0 amide bonds. The fourth-order valence-corrected chi connectivity index (χ4v) is 6.47. The molecule has 2 aliphatic rings. The fraction of sp³-hybridized carbons (Fsp3) is 0.316. The number of benzene rings is 1. The molecule has 26 heavy (non-hydrogen) atoms. The highest BCUT2D eigenvalue weighted by molar-refractivity contribution is 8.13. The number of allylic oxidation sites excluding steroid dienone is 2. The van der Waals surface area contributed by atoms with Gasteiger partial charge in [0.05, 0.1) is 17.8 Å². The van der Waals surface area contributed by atoms with Crippen LogP contribution in [0.5, 0.6) is 0 Å². The fourth-order valence-electron chi connectivity index (χ4n) is 3.78. The molecule has 136 valence electrons. The number of hydrogen-bond donors (Lipinski definition) is 0. The first-order valence-electron chi connectivity index (χ1n) is 8.49. The highest BCUT2D eigenvalue weighted by Crippen LogP contribution is 2.64. The molecule has 2 aliphatic heterocycles. The van der Waals surface area contributed by atoms with Crippen molar-refractivity contribution in [3.63, 3.8) is 0 Å². The van der Waals surface area contributed by atoms with E-state index in [2.05, 4.69) is 55.2 Å². The summed E-state index contributed by atoms with van der Waals surface area (Å²) in [5.41, 5.74) is 3.49. The van der Waals surface area contributed by atoms with Crippen LogP contribution in [-0.4, -0.2) is 25.1 Å². The van der Waals surface area contributed by atoms with E-state index in [1.54, 1.807) is 11.0 Å². The molecule has 0 saturated heterocycles. The summed E-state index contributed by atoms with van der Waals surface area (Å²) < 4.78 is 13.5. The van der Waals surface area contributed by atoms with Crippen molar-refractivity contribution < 1.29 is 8.94 Å². The zero-order valence-electron chi connectivity index (χ0n) is 15.3. The number of furan rings is 1. The lowest BCUT2D eigenvalue weighted by Crippen LogP contribution is -2.25. The lowest BCUT2D eigenvalue weighted by molar-refractivity contribution is 0.279. The smallest absolute Gasteiger partial charge is 0.205 e. The Balaban J connectivity index is 1.80. The Kier molecular flexibility index (Phi) is 4.10. The maximum Gasteiger partial charge on any atom is 0.205 e. The summed E-state index contributed by atoms with van der Waals surface area (Å²) in [6, 6.07) is 12.2. The van der Waals surface area contributed by atoms with Gasteiger partial charge in [-0.1, -0.05) is 32.0 Å². The van der Waals surface area contributed by atoms with Crippen molar-refractivity contribution in [2.75, 3.05) is 19.0 Å². The van der Waals surface area contributed by atoms with Crippen LogP contribution in [0.15, 0.2) is 63.2 Å². The Labute approximate surface area is 159 Å². The van der Waals surface area contributed by atoms with Crippen LogP contribution >= 0.6 is 6.42 Å². The van der Waals surface area contributed by atoms with Gasteiger partial charge in [0.2, 0.25) is 6.42 Å². The molecule has 0 unspecified atom stereocenters. The van der Waals surface area contributed by atoms with Crippen LogP contribution in [0.4, 0.5) is 5.69 Å². The van der Waals surface area contributed by atoms with Crippen LogP contribution in [0.25, 0.3) is 0 Å². The minimum absolute atomic E-state index is 0.171. The Bertz CT molecular complexity index is 949. The molecule has 0 fully saturated rings. The predicted octanol–water partition coefficient (Wildman–Crippen LogP) is 4.68. The first kappa shape index (κ1) is 17.5. The van der Waals surface area contributed by atoms with Crippen LogP contribution in [0.1, 0.15) is 25.2 Å². The topological polar surface area (TPSA) is 41.2 Å². The van der Waals surface area contributed by atoms with E-state index in [9.17, 15) is 0 Å². The van der Waals surface area contributed by atoms with Crippen molar-refractivity contribution in [3.8, 4) is 0 Å². The molecule has 1 aromatic carbocycles. The summed E-state index contributed by atoms with van der Waals surface area (Å²) in [6.45, 7) is 4.80. The largest absolute Gasteiger partial charge is 0.467 e. The van der Waals surface area contributed by atoms with Crippen LogP contribution in [0.3, 0.4) is 0 Å². The van der Waals surface area contributed by atoms with Gasteiger partial charge in [-0.3, -0.25) is 0 Å². The van der Waals surface area contributed by atoms with Crippen molar-refractivity contribution >= 4 is 30.1 Å². The van der Waals surface area contributed by atoms with E-state index in [0.717, 1.165) is 16.8 Å². The number of nitrogens with zero attached hydrogens (tertiary/aromatic N) is 3. The van der Waals surface area contributed by atoms with Gasteiger partial charge in [0.15, 0.2) is 0 Å². The molecule has 0 spiro atoms. The molecule has 5 nitrogen and oxygen atoms in total. The van der Waals surface area contributed by atoms with Crippen LogP contribution in [-0.2, 0) is 28.4 Å². The monoisotopic (exact) mass is 387 g/mol. The number of hydrazone groups is 1. The second-order valence-electron chi connectivity index (χ2n) is 7.04. The summed E-state index contributed by atoms with van der Waals surface area (Å²) >= 11 is 6.05. The highest BCUT2D eigenvalue weighted by Gasteiger charge is 2.45. The Morgan fingerprint density at radius 1 is 1.19 bits per heavy atom. The quantitative estimate of drug-likeness (QED) is 0.716. The predicted molar refractivity (Wildman–Crippen MR) is 109 cm³/mol. The zero-order valence-corrected chi connectivity index (χ0v) is 17.1. The third kappa shape index (κ3) is 2.48. The van der Waals surface area contributed by atoms with Gasteiger partial charge in [-0.15, -0.1) is 0 Å². The molecule has 1 aromatic heterocycles. The molecule has 0 N–H and O–H groups in total. The second-order valence-corrected chi connectivity index (χ2v) is 10.9. The molecule has 4 rings (SSSR count). The van der Waals surface area contributed by atoms with Crippen molar-refractivity contribution in [3.05, 3.63) is 65.0 Å². The van der Waals surface area contributed by atoms with Gasteiger partial charge in [-0.25, -0.2) is 4.78 Å². The summed E-state index contributed by atoms with van der Waals surface area (Å²) in [6.07, 6.45) is 1.04. The number of likely N-dealkylation sites (N-methyl/N-ethyl adjacent to an activating group) is 1. The maximum atomic E-state index is 6.26. The molecular weight excluding hydrogens is 365 g/mol. The third-order valence-corrected chi connectivity index (χ3v) is 9.00. The van der Waals surface area contributed by atoms with E-state index >= 15 is 0 Å². The average Bonchev–Trinajstić information content (AvgIpc) is 3.28. The van der Waals surface area contributed by atoms with E-state index in [1.165, 1.54) is 11.3 Å². The molecule has 3 heterocycles. The molecule has 1 atom stereocenters. The van der Waals surface area contributed by atoms with E-state index in [-0.39, 0.29) is 5.41 Å². The van der Waals surface area contributed by atoms with Crippen molar-refractivity contribution in [1.29, 1.82) is 0 Å². The minimum atomic E-state index is -2.48. The Morgan fingerprint density at radius 2 is 1.96 bits per heavy atom. The van der Waals surface area contributed by atoms with Crippen molar-refractivity contribution in [2.45, 2.75) is 25.9 Å². The summed E-state index contributed by atoms with van der Waals surface area (Å²) in [7, 11) is 3.98. The van der Waals surface area contributed by atoms with Crippen LogP contribution in [0.2, 0.25) is 0 Å². The minimum Gasteiger partial charge on any atom is -0.467 e. The third-order valence-electron chi connectivity index (χ3n) is 5.10. The lowest BCUT2D eigenvalue weighted by atomic mass is 9.84. The molecule has 0 aliphatic carbocycles. The molecule has 0 saturated carbocycles. The molecular formula is C19H22N3O2PS. The summed E-state index contributed by atoms with van der Waals surface area (Å²) in [4.78, 5) is 2.23. The average molecular weight is 387 g/mol. The van der Waals surface area contributed by atoms with E-state index in [1.807, 2.05) is 25.4 Å². The van der Waals surface area contributed by atoms with Crippen molar-refractivity contribution in [2.24, 2.45) is 5.10 Å². The standard InChI is InChI=1S/C19H22N3O2PS/c1-19(2)15-9-5-6-10-16(15)21(3)18(19)17-12-20-22(4)25(17,26)24-13-14-8-7-11-23-14/h5-12H,13H2,1-4H3/b18-17+/t25-/m1/s1. The second kappa shape index (κ2) is 6.08. The normalized spacial score (nSPS) is 26.6. The van der Waals surface area contributed by atoms with E-state index in [4.69, 9.17) is 20.7 Å². The number of rotatable bonds is 3. The number of hydrogen-bond acceptors (Lipinski definition) is 5. The number of para-hydroxylation sites is 1. The lowest BCUT2D eigenvalue weighted by Gasteiger charge is -2.31. The molecule has 0 bridgehead atoms. The Hall–Kier alpha value is -1.88. The molecule has 2 aromatic rings. The zero-order chi connectivity index (χ0) is 18.5. The first-order chi connectivity index (χ1) is 12.4. The number of anilines is 1. The van der Waals surface area contributed by atoms with Crippen LogP contribution in [0, 0.1) is 0 Å². The van der Waals surface area contributed by atoms with Gasteiger partial charge in [0, 0.05) is 30.9 Å². The first-order valence-corrected chi connectivity index (χ1v) is 11.2. The van der Waals surface area contributed by atoms with Gasteiger partial charge < -0.3 is 13.8 Å². The van der Waals surface area contributed by atoms with Crippen LogP contribution < -0.4 is 4.90 Å². The van der Waals surface area contributed by atoms with E-state index < -0.39 is 6.42 Å². The summed E-state index contributed by atoms with van der Waals surface area (Å²) in [5, 5.41) is 5.50.